The highest BCUT2D eigenvalue weighted by molar-refractivity contribution is 5.99. The molecule has 0 radical (unpaired) electrons. The van der Waals surface area contributed by atoms with Crippen LogP contribution in [0, 0.1) is 0 Å². The summed E-state index contributed by atoms with van der Waals surface area (Å²) in [7, 11) is 3.99. The van der Waals surface area contributed by atoms with Crippen molar-refractivity contribution in [2.24, 2.45) is 0 Å². The van der Waals surface area contributed by atoms with E-state index < -0.39 is 5.41 Å². The third-order valence-electron chi connectivity index (χ3n) is 6.37. The number of rotatable bonds is 7. The average Bonchev–Trinajstić information content (AvgIpc) is 2.98. The summed E-state index contributed by atoms with van der Waals surface area (Å²) in [5, 5.41) is 3.18. The Morgan fingerprint density at radius 1 is 0.938 bits per heavy atom. The summed E-state index contributed by atoms with van der Waals surface area (Å²) >= 11 is 0. The van der Waals surface area contributed by atoms with Crippen LogP contribution >= 0.6 is 0 Å². The molecule has 0 bridgehead atoms. The molecule has 0 aromatic heterocycles. The highest BCUT2D eigenvalue weighted by Gasteiger charge is 2.37. The van der Waals surface area contributed by atoms with Crippen LogP contribution in [0.2, 0.25) is 0 Å². The van der Waals surface area contributed by atoms with Crippen molar-refractivity contribution < 1.29 is 4.79 Å². The normalized spacial score (nSPS) is 17.1. The fraction of sp³-hybridized carbons (Fsp3) is 0.276. The highest BCUT2D eigenvalue weighted by Crippen LogP contribution is 2.46. The lowest BCUT2D eigenvalue weighted by atomic mass is 9.79. The van der Waals surface area contributed by atoms with E-state index >= 15 is 0 Å². The van der Waals surface area contributed by atoms with Crippen LogP contribution in [-0.4, -0.2) is 19.9 Å². The Kier molecular flexibility index (Phi) is 6.88. The number of benzene rings is 2. The van der Waals surface area contributed by atoms with Crippen molar-refractivity contribution in [3.8, 4) is 0 Å². The summed E-state index contributed by atoms with van der Waals surface area (Å²) in [6, 6.07) is 16.5. The van der Waals surface area contributed by atoms with Gasteiger partial charge in [0.25, 0.3) is 0 Å². The first-order valence-corrected chi connectivity index (χ1v) is 11.1. The van der Waals surface area contributed by atoms with Crippen LogP contribution in [0.25, 0.3) is 0 Å². The molecule has 3 rings (SSSR count). The third-order valence-corrected chi connectivity index (χ3v) is 6.37. The van der Waals surface area contributed by atoms with E-state index in [2.05, 4.69) is 67.5 Å². The molecule has 0 unspecified atom stereocenters. The molecule has 0 amide bonds. The SMILES string of the molecule is CNc1ccccc1C(C)(C)C(=O)/C=C/C=C/C=C/C=C1\N(C)c2ccccc2C1(C)C. The van der Waals surface area contributed by atoms with Gasteiger partial charge in [-0.15, -0.1) is 0 Å². The second kappa shape index (κ2) is 9.44. The number of anilines is 2. The number of nitrogens with one attached hydrogen (secondary N) is 1. The van der Waals surface area contributed by atoms with Gasteiger partial charge in [-0.3, -0.25) is 4.79 Å². The van der Waals surface area contributed by atoms with Crippen molar-refractivity contribution >= 4 is 17.2 Å². The number of carbonyl (C=O) groups is 1. The lowest BCUT2D eigenvalue weighted by Gasteiger charge is -2.24. The smallest absolute Gasteiger partial charge is 0.165 e. The zero-order chi connectivity index (χ0) is 23.4. The number of para-hydroxylation sites is 2. The van der Waals surface area contributed by atoms with Gasteiger partial charge in [0.1, 0.15) is 0 Å². The van der Waals surface area contributed by atoms with Crippen LogP contribution in [0.3, 0.4) is 0 Å². The lowest BCUT2D eigenvalue weighted by molar-refractivity contribution is -0.118. The van der Waals surface area contributed by atoms with Crippen LogP contribution in [0.4, 0.5) is 11.4 Å². The number of hydrogen-bond donors (Lipinski definition) is 1. The fourth-order valence-electron chi connectivity index (χ4n) is 4.37. The Morgan fingerprint density at radius 2 is 1.56 bits per heavy atom. The van der Waals surface area contributed by atoms with Crippen LogP contribution in [-0.2, 0) is 15.6 Å². The van der Waals surface area contributed by atoms with Crippen LogP contribution in [0.5, 0.6) is 0 Å². The molecular weight excluding hydrogens is 392 g/mol. The van der Waals surface area contributed by atoms with Crippen molar-refractivity contribution in [1.82, 2.24) is 0 Å². The second-order valence-corrected chi connectivity index (χ2v) is 9.17. The summed E-state index contributed by atoms with van der Waals surface area (Å²) in [5.74, 6) is 0.0723. The van der Waals surface area contributed by atoms with Gasteiger partial charge in [-0.05, 0) is 49.3 Å². The first-order valence-electron chi connectivity index (χ1n) is 11.1. The van der Waals surface area contributed by atoms with E-state index in [1.54, 1.807) is 6.08 Å². The molecule has 166 valence electrons. The lowest BCUT2D eigenvalue weighted by Crippen LogP contribution is -2.28. The molecule has 0 saturated carbocycles. The first-order chi connectivity index (χ1) is 15.2. The molecule has 0 saturated heterocycles. The predicted molar refractivity (Wildman–Crippen MR) is 137 cm³/mol. The molecule has 1 N–H and O–H groups in total. The van der Waals surface area contributed by atoms with Gasteiger partial charge in [0.05, 0.1) is 5.41 Å². The largest absolute Gasteiger partial charge is 0.388 e. The van der Waals surface area contributed by atoms with E-state index in [0.717, 1.165) is 11.3 Å². The zero-order valence-corrected chi connectivity index (χ0v) is 20.0. The van der Waals surface area contributed by atoms with Crippen LogP contribution in [0.15, 0.2) is 96.8 Å². The number of fused-ring (bicyclic) bond motifs is 1. The molecule has 0 fully saturated rings. The maximum Gasteiger partial charge on any atom is 0.165 e. The minimum absolute atomic E-state index is 0.0268. The number of ketones is 1. The van der Waals surface area contributed by atoms with Gasteiger partial charge < -0.3 is 10.2 Å². The van der Waals surface area contributed by atoms with Crippen LogP contribution in [0.1, 0.15) is 38.8 Å². The molecule has 0 atom stereocenters. The topological polar surface area (TPSA) is 32.3 Å². The van der Waals surface area contributed by atoms with Crippen molar-refractivity contribution in [2.45, 2.75) is 38.5 Å². The average molecular weight is 427 g/mol. The van der Waals surface area contributed by atoms with Crippen molar-refractivity contribution in [1.29, 1.82) is 0 Å². The highest BCUT2D eigenvalue weighted by atomic mass is 16.1. The Labute approximate surface area is 192 Å². The molecule has 2 aromatic rings. The fourth-order valence-corrected chi connectivity index (χ4v) is 4.37. The zero-order valence-electron chi connectivity index (χ0n) is 20.0. The van der Waals surface area contributed by atoms with Gasteiger partial charge in [-0.1, -0.05) is 80.6 Å². The van der Waals surface area contributed by atoms with Gasteiger partial charge in [-0.25, -0.2) is 0 Å². The standard InChI is InChI=1S/C29H34N2O/c1-28(2)23-17-13-15-19-25(23)31(6)26(28)20-10-8-7-9-11-21-27(32)29(3,4)22-16-12-14-18-24(22)30-5/h7-21,30H,1-6H3/b9-7+,10-8+,21-11+,26-20-. The Morgan fingerprint density at radius 3 is 2.28 bits per heavy atom. The van der Waals surface area contributed by atoms with Crippen LogP contribution < -0.4 is 10.2 Å². The van der Waals surface area contributed by atoms with E-state index in [-0.39, 0.29) is 11.2 Å². The summed E-state index contributed by atoms with van der Waals surface area (Å²) in [5.41, 5.74) is 5.22. The van der Waals surface area contributed by atoms with E-state index in [1.807, 2.05) is 69.5 Å². The number of carbonyl (C=O) groups excluding carboxylic acids is 1. The molecule has 32 heavy (non-hydrogen) atoms. The maximum absolute atomic E-state index is 12.8. The minimum Gasteiger partial charge on any atom is -0.388 e. The molecule has 1 aliphatic heterocycles. The summed E-state index contributed by atoms with van der Waals surface area (Å²) in [6.45, 7) is 8.44. The predicted octanol–water partition coefficient (Wildman–Crippen LogP) is 6.56. The molecular formula is C29H34N2O. The monoisotopic (exact) mass is 426 g/mol. The summed E-state index contributed by atoms with van der Waals surface area (Å²) in [4.78, 5) is 15.1. The summed E-state index contributed by atoms with van der Waals surface area (Å²) in [6.07, 6.45) is 13.5. The Hall–Kier alpha value is -3.33. The maximum atomic E-state index is 12.8. The number of allylic oxidation sites excluding steroid dienone is 8. The quantitative estimate of drug-likeness (QED) is 0.402. The Bertz CT molecular complexity index is 1100. The van der Waals surface area contributed by atoms with E-state index in [1.165, 1.54) is 16.9 Å². The molecule has 1 aliphatic rings. The van der Waals surface area contributed by atoms with Crippen molar-refractivity contribution in [3.05, 3.63) is 108 Å². The number of nitrogens with zero attached hydrogens (tertiary/aromatic N) is 1. The van der Waals surface area contributed by atoms with E-state index in [0.29, 0.717) is 0 Å². The van der Waals surface area contributed by atoms with Crippen molar-refractivity contribution in [2.75, 3.05) is 24.3 Å². The van der Waals surface area contributed by atoms with Gasteiger partial charge in [0.15, 0.2) is 5.78 Å². The van der Waals surface area contributed by atoms with Gasteiger partial charge in [-0.2, -0.15) is 0 Å². The van der Waals surface area contributed by atoms with Crippen molar-refractivity contribution in [3.63, 3.8) is 0 Å². The molecule has 1 heterocycles. The summed E-state index contributed by atoms with van der Waals surface area (Å²) < 4.78 is 0. The Balaban J connectivity index is 1.65. The van der Waals surface area contributed by atoms with E-state index in [9.17, 15) is 4.79 Å². The molecule has 0 aliphatic carbocycles. The molecule has 3 heteroatoms. The molecule has 3 nitrogen and oxygen atoms in total. The second-order valence-electron chi connectivity index (χ2n) is 9.17. The number of hydrogen-bond acceptors (Lipinski definition) is 3. The van der Waals surface area contributed by atoms with Gasteiger partial charge >= 0.3 is 0 Å². The molecule has 2 aromatic carbocycles. The minimum atomic E-state index is -0.599. The van der Waals surface area contributed by atoms with Gasteiger partial charge in [0.2, 0.25) is 0 Å². The number of likely N-dealkylation sites (N-methyl/N-ethyl adjacent to an activating group) is 1. The third kappa shape index (κ3) is 4.47. The first kappa shape index (κ1) is 23.3. The van der Waals surface area contributed by atoms with Gasteiger partial charge in [0, 0.05) is 36.6 Å². The molecule has 0 spiro atoms. The van der Waals surface area contributed by atoms with E-state index in [4.69, 9.17) is 0 Å².